The molecule has 0 saturated carbocycles. The number of aliphatic hydroxyl groups is 2. The normalized spacial score (nSPS) is 11.6. The summed E-state index contributed by atoms with van der Waals surface area (Å²) in [7, 11) is 0. The Balaban J connectivity index is 2.89. The van der Waals surface area contributed by atoms with Crippen LogP contribution in [0.5, 0.6) is 0 Å². The zero-order valence-electron chi connectivity index (χ0n) is 10.4. The van der Waals surface area contributed by atoms with Crippen LogP contribution in [-0.4, -0.2) is 44.7 Å². The zero-order valence-corrected chi connectivity index (χ0v) is 10.4. The molecule has 0 aliphatic carbocycles. The van der Waals surface area contributed by atoms with E-state index in [0.29, 0.717) is 12.2 Å². The molecule has 1 rings (SSSR count). The summed E-state index contributed by atoms with van der Waals surface area (Å²) in [6, 6.07) is 1.67. The van der Waals surface area contributed by atoms with Gasteiger partial charge in [0.25, 0.3) is 5.91 Å². The van der Waals surface area contributed by atoms with E-state index in [1.54, 1.807) is 24.6 Å². The Kier molecular flexibility index (Phi) is 4.25. The molecule has 1 amide bonds. The monoisotopic (exact) mass is 241 g/mol. The second kappa shape index (κ2) is 5.29. The van der Waals surface area contributed by atoms with Gasteiger partial charge in [0, 0.05) is 6.54 Å². The lowest BCUT2D eigenvalue weighted by Crippen LogP contribution is -2.52. The fourth-order valence-corrected chi connectivity index (χ4v) is 1.44. The summed E-state index contributed by atoms with van der Waals surface area (Å²) in [5.41, 5.74) is 0.165. The molecule has 1 aromatic heterocycles. The van der Waals surface area contributed by atoms with Crippen LogP contribution in [0.3, 0.4) is 0 Å². The smallest absolute Gasteiger partial charge is 0.270 e. The number of aromatic nitrogens is 2. The fourth-order valence-electron chi connectivity index (χ4n) is 1.44. The van der Waals surface area contributed by atoms with E-state index in [-0.39, 0.29) is 19.1 Å². The lowest BCUT2D eigenvalue weighted by atomic mass is 10.1. The predicted octanol–water partition coefficient (Wildman–Crippen LogP) is -0.315. The van der Waals surface area contributed by atoms with Crippen LogP contribution in [0.25, 0.3) is 0 Å². The van der Waals surface area contributed by atoms with Crippen LogP contribution in [0.1, 0.15) is 30.0 Å². The van der Waals surface area contributed by atoms with Crippen molar-refractivity contribution >= 4 is 5.91 Å². The van der Waals surface area contributed by atoms with E-state index in [9.17, 15) is 4.79 Å². The molecule has 1 aromatic rings. The number of aryl methyl sites for hydroxylation is 2. The van der Waals surface area contributed by atoms with Gasteiger partial charge in [0.1, 0.15) is 5.69 Å². The van der Waals surface area contributed by atoms with E-state index in [1.807, 2.05) is 6.92 Å². The van der Waals surface area contributed by atoms with Gasteiger partial charge in [0.15, 0.2) is 0 Å². The van der Waals surface area contributed by atoms with Crippen molar-refractivity contribution in [3.8, 4) is 0 Å². The van der Waals surface area contributed by atoms with Crippen LogP contribution in [0.15, 0.2) is 6.07 Å². The van der Waals surface area contributed by atoms with Gasteiger partial charge in [0.2, 0.25) is 0 Å². The molecule has 0 unspecified atom stereocenters. The first-order valence-corrected chi connectivity index (χ1v) is 5.54. The molecule has 0 atom stereocenters. The molecule has 17 heavy (non-hydrogen) atoms. The average molecular weight is 241 g/mol. The molecule has 1 heterocycles. The standard InChI is InChI=1S/C11H19N3O3/c1-4-14-9(5-8(2)13-14)10(17)12-11(3,6-15)7-16/h5,15-16H,4,6-7H2,1-3H3,(H,12,17). The van der Waals surface area contributed by atoms with Gasteiger partial charge < -0.3 is 15.5 Å². The second-order valence-corrected chi connectivity index (χ2v) is 4.32. The second-order valence-electron chi connectivity index (χ2n) is 4.32. The Morgan fingerprint density at radius 3 is 2.59 bits per heavy atom. The summed E-state index contributed by atoms with van der Waals surface area (Å²) >= 11 is 0. The first kappa shape index (κ1) is 13.7. The molecule has 0 spiro atoms. The average Bonchev–Trinajstić information content (AvgIpc) is 2.70. The van der Waals surface area contributed by atoms with Gasteiger partial charge >= 0.3 is 0 Å². The number of rotatable bonds is 5. The number of amides is 1. The summed E-state index contributed by atoms with van der Waals surface area (Å²) in [5.74, 6) is -0.349. The van der Waals surface area contributed by atoms with Gasteiger partial charge in [0.05, 0.1) is 24.4 Å². The van der Waals surface area contributed by atoms with Gasteiger partial charge in [-0.1, -0.05) is 0 Å². The minimum atomic E-state index is -1.02. The molecule has 3 N–H and O–H groups in total. The van der Waals surface area contributed by atoms with Crippen LogP contribution in [0, 0.1) is 6.92 Å². The minimum Gasteiger partial charge on any atom is -0.394 e. The van der Waals surface area contributed by atoms with E-state index >= 15 is 0 Å². The summed E-state index contributed by atoms with van der Waals surface area (Å²) in [5, 5.41) is 25.0. The number of nitrogens with zero attached hydrogens (tertiary/aromatic N) is 2. The van der Waals surface area contributed by atoms with Crippen molar-refractivity contribution in [3.05, 3.63) is 17.5 Å². The van der Waals surface area contributed by atoms with Crippen LogP contribution in [-0.2, 0) is 6.54 Å². The molecule has 6 nitrogen and oxygen atoms in total. The van der Waals surface area contributed by atoms with Crippen molar-refractivity contribution < 1.29 is 15.0 Å². The van der Waals surface area contributed by atoms with E-state index in [1.165, 1.54) is 0 Å². The molecular weight excluding hydrogens is 222 g/mol. The third-order valence-corrected chi connectivity index (χ3v) is 2.55. The third kappa shape index (κ3) is 3.04. The summed E-state index contributed by atoms with van der Waals surface area (Å²) in [4.78, 5) is 12.0. The van der Waals surface area contributed by atoms with Crippen molar-refractivity contribution in [2.45, 2.75) is 32.9 Å². The highest BCUT2D eigenvalue weighted by Crippen LogP contribution is 2.07. The van der Waals surface area contributed by atoms with E-state index < -0.39 is 5.54 Å². The van der Waals surface area contributed by atoms with Gasteiger partial charge in [-0.05, 0) is 26.8 Å². The van der Waals surface area contributed by atoms with Crippen LogP contribution >= 0.6 is 0 Å². The van der Waals surface area contributed by atoms with Gasteiger partial charge in [-0.15, -0.1) is 0 Å². The Labute approximate surface area is 100 Å². The zero-order chi connectivity index (χ0) is 13.1. The Bertz CT molecular complexity index is 397. The summed E-state index contributed by atoms with van der Waals surface area (Å²) in [6.45, 7) is 5.21. The van der Waals surface area contributed by atoms with E-state index in [4.69, 9.17) is 10.2 Å². The molecule has 0 saturated heterocycles. The van der Waals surface area contributed by atoms with E-state index in [2.05, 4.69) is 10.4 Å². The molecule has 0 fully saturated rings. The van der Waals surface area contributed by atoms with E-state index in [0.717, 1.165) is 5.69 Å². The number of hydrogen-bond donors (Lipinski definition) is 3. The van der Waals surface area contributed by atoms with Gasteiger partial charge in [-0.3, -0.25) is 9.48 Å². The van der Waals surface area contributed by atoms with Crippen molar-refractivity contribution in [2.75, 3.05) is 13.2 Å². The SMILES string of the molecule is CCn1nc(C)cc1C(=O)NC(C)(CO)CO. The Morgan fingerprint density at radius 2 is 2.12 bits per heavy atom. The maximum atomic E-state index is 12.0. The van der Waals surface area contributed by atoms with Crippen molar-refractivity contribution in [1.82, 2.24) is 15.1 Å². The maximum absolute atomic E-state index is 12.0. The molecule has 0 bridgehead atoms. The Hall–Kier alpha value is -1.40. The first-order valence-electron chi connectivity index (χ1n) is 5.54. The fraction of sp³-hybridized carbons (Fsp3) is 0.636. The summed E-state index contributed by atoms with van der Waals surface area (Å²) in [6.07, 6.45) is 0. The highest BCUT2D eigenvalue weighted by molar-refractivity contribution is 5.93. The topological polar surface area (TPSA) is 87.4 Å². The number of nitrogens with one attached hydrogen (secondary N) is 1. The van der Waals surface area contributed by atoms with Crippen molar-refractivity contribution in [2.24, 2.45) is 0 Å². The first-order chi connectivity index (χ1) is 7.95. The lowest BCUT2D eigenvalue weighted by Gasteiger charge is -2.26. The quantitative estimate of drug-likeness (QED) is 0.659. The largest absolute Gasteiger partial charge is 0.394 e. The van der Waals surface area contributed by atoms with Gasteiger partial charge in [-0.25, -0.2) is 0 Å². The molecule has 0 aliphatic rings. The highest BCUT2D eigenvalue weighted by atomic mass is 16.3. The van der Waals surface area contributed by atoms with Crippen molar-refractivity contribution in [1.29, 1.82) is 0 Å². The molecule has 0 aliphatic heterocycles. The highest BCUT2D eigenvalue weighted by Gasteiger charge is 2.26. The number of aliphatic hydroxyl groups excluding tert-OH is 2. The Morgan fingerprint density at radius 1 is 1.53 bits per heavy atom. The van der Waals surface area contributed by atoms with Crippen molar-refractivity contribution in [3.63, 3.8) is 0 Å². The minimum absolute atomic E-state index is 0.325. The van der Waals surface area contributed by atoms with Crippen LogP contribution < -0.4 is 5.32 Å². The maximum Gasteiger partial charge on any atom is 0.270 e. The molecular formula is C11H19N3O3. The van der Waals surface area contributed by atoms with Crippen LogP contribution in [0.2, 0.25) is 0 Å². The molecule has 0 aromatic carbocycles. The number of carbonyl (C=O) groups excluding carboxylic acids is 1. The van der Waals surface area contributed by atoms with Crippen LogP contribution in [0.4, 0.5) is 0 Å². The predicted molar refractivity (Wildman–Crippen MR) is 62.7 cm³/mol. The van der Waals surface area contributed by atoms with Gasteiger partial charge in [-0.2, -0.15) is 5.10 Å². The lowest BCUT2D eigenvalue weighted by molar-refractivity contribution is 0.0714. The molecule has 0 radical (unpaired) electrons. The third-order valence-electron chi connectivity index (χ3n) is 2.55. The molecule has 96 valence electrons. The number of carbonyl (C=O) groups is 1. The molecule has 6 heteroatoms. The number of hydrogen-bond acceptors (Lipinski definition) is 4. The summed E-state index contributed by atoms with van der Waals surface area (Å²) < 4.78 is 1.58.